The monoisotopic (exact) mass is 310 g/mol. The van der Waals surface area contributed by atoms with Gasteiger partial charge in [-0.2, -0.15) is 0 Å². The van der Waals surface area contributed by atoms with Gasteiger partial charge in [0.1, 0.15) is 5.00 Å². The van der Waals surface area contributed by atoms with Gasteiger partial charge in [0.15, 0.2) is 0 Å². The van der Waals surface area contributed by atoms with Crippen LogP contribution in [0.1, 0.15) is 15.2 Å². The van der Waals surface area contributed by atoms with E-state index in [9.17, 15) is 9.59 Å². The van der Waals surface area contributed by atoms with Crippen LogP contribution in [-0.2, 0) is 6.42 Å². The predicted molar refractivity (Wildman–Crippen MR) is 81.0 cm³/mol. The fourth-order valence-corrected chi connectivity index (χ4v) is 3.07. The van der Waals surface area contributed by atoms with Gasteiger partial charge in [0.2, 0.25) is 0 Å². The summed E-state index contributed by atoms with van der Waals surface area (Å²) in [5, 5.41) is 15.6. The van der Waals surface area contributed by atoms with E-state index in [1.54, 1.807) is 28.7 Å². The van der Waals surface area contributed by atoms with E-state index < -0.39 is 5.97 Å². The zero-order valence-corrected chi connectivity index (χ0v) is 12.5. The second-order valence-electron chi connectivity index (χ2n) is 4.15. The van der Waals surface area contributed by atoms with Crippen LogP contribution in [0.25, 0.3) is 0 Å². The lowest BCUT2D eigenvalue weighted by atomic mass is 10.3. The van der Waals surface area contributed by atoms with Crippen LogP contribution >= 0.6 is 22.7 Å². The number of thiophene rings is 2. The minimum Gasteiger partial charge on any atom is -0.478 e. The van der Waals surface area contributed by atoms with Gasteiger partial charge in [0, 0.05) is 18.5 Å². The number of carboxylic acid groups (broad SMARTS) is 1. The summed E-state index contributed by atoms with van der Waals surface area (Å²) in [5.41, 5.74) is 0.120. The van der Waals surface area contributed by atoms with Crippen molar-refractivity contribution in [3.05, 3.63) is 39.4 Å². The van der Waals surface area contributed by atoms with Gasteiger partial charge in [-0.25, -0.2) is 9.59 Å². The van der Waals surface area contributed by atoms with E-state index in [-0.39, 0.29) is 11.6 Å². The zero-order valence-electron chi connectivity index (χ0n) is 10.8. The van der Waals surface area contributed by atoms with Crippen molar-refractivity contribution in [3.8, 4) is 0 Å². The van der Waals surface area contributed by atoms with Crippen LogP contribution in [0.3, 0.4) is 0 Å². The average Bonchev–Trinajstić information content (AvgIpc) is 3.06. The van der Waals surface area contributed by atoms with Crippen molar-refractivity contribution in [3.63, 3.8) is 0 Å². The van der Waals surface area contributed by atoms with Crippen LogP contribution in [-0.4, -0.2) is 35.6 Å². The quantitative estimate of drug-likeness (QED) is 0.891. The molecule has 2 amide bonds. The maximum absolute atomic E-state index is 12.0. The molecule has 0 aliphatic rings. The zero-order chi connectivity index (χ0) is 14.5. The summed E-state index contributed by atoms with van der Waals surface area (Å²) in [7, 11) is 1.69. The van der Waals surface area contributed by atoms with Gasteiger partial charge < -0.3 is 10.0 Å². The first kappa shape index (κ1) is 14.5. The van der Waals surface area contributed by atoms with Gasteiger partial charge in [-0.1, -0.05) is 6.07 Å². The molecule has 0 atom stereocenters. The lowest BCUT2D eigenvalue weighted by Gasteiger charge is -2.17. The number of rotatable bonds is 5. The smallest absolute Gasteiger partial charge is 0.338 e. The summed E-state index contributed by atoms with van der Waals surface area (Å²) in [6, 6.07) is 5.18. The second kappa shape index (κ2) is 6.53. The highest BCUT2D eigenvalue weighted by atomic mass is 32.1. The van der Waals surface area contributed by atoms with Gasteiger partial charge in [0.25, 0.3) is 0 Å². The Hall–Kier alpha value is -1.86. The molecule has 2 rings (SSSR count). The molecule has 0 aromatic carbocycles. The summed E-state index contributed by atoms with van der Waals surface area (Å²) in [4.78, 5) is 25.7. The van der Waals surface area contributed by atoms with Crippen LogP contribution in [0, 0.1) is 0 Å². The molecule has 0 spiro atoms. The van der Waals surface area contributed by atoms with Crippen molar-refractivity contribution in [1.82, 2.24) is 4.90 Å². The molecule has 2 N–H and O–H groups in total. The van der Waals surface area contributed by atoms with Crippen molar-refractivity contribution >= 4 is 39.7 Å². The Kier molecular flexibility index (Phi) is 4.75. The maximum Gasteiger partial charge on any atom is 0.338 e. The maximum atomic E-state index is 12.0. The summed E-state index contributed by atoms with van der Waals surface area (Å²) in [5.74, 6) is -1.04. The molecule has 0 fully saturated rings. The molecule has 0 radical (unpaired) electrons. The molecule has 5 nitrogen and oxygen atoms in total. The molecule has 0 saturated carbocycles. The van der Waals surface area contributed by atoms with Crippen molar-refractivity contribution < 1.29 is 14.7 Å². The number of carbonyl (C=O) groups is 2. The number of hydrogen-bond donors (Lipinski definition) is 2. The Labute approximate surface area is 124 Å². The minimum absolute atomic E-state index is 0.120. The average molecular weight is 310 g/mol. The number of likely N-dealkylation sites (N-methyl/N-ethyl adjacent to an activating group) is 1. The number of hydrogen-bond acceptors (Lipinski definition) is 4. The lowest BCUT2D eigenvalue weighted by molar-refractivity contribution is 0.0698. The fraction of sp³-hybridized carbons (Fsp3) is 0.231. The molecule has 0 unspecified atom stereocenters. The normalized spacial score (nSPS) is 10.2. The SMILES string of the molecule is CN(CCc1cccs1)C(=O)Nc1sccc1C(=O)O. The Morgan fingerprint density at radius 2 is 2.10 bits per heavy atom. The van der Waals surface area contributed by atoms with E-state index in [1.165, 1.54) is 22.3 Å². The highest BCUT2D eigenvalue weighted by Gasteiger charge is 2.16. The molecule has 2 heterocycles. The summed E-state index contributed by atoms with van der Waals surface area (Å²) in [6.07, 6.45) is 0.789. The number of carboxylic acids is 1. The molecular weight excluding hydrogens is 296 g/mol. The second-order valence-corrected chi connectivity index (χ2v) is 6.10. The number of anilines is 1. The van der Waals surface area contributed by atoms with Gasteiger partial charge in [-0.3, -0.25) is 5.32 Å². The van der Waals surface area contributed by atoms with Crippen molar-refractivity contribution in [2.45, 2.75) is 6.42 Å². The third kappa shape index (κ3) is 3.58. The van der Waals surface area contributed by atoms with Crippen LogP contribution in [0.15, 0.2) is 29.0 Å². The highest BCUT2D eigenvalue weighted by molar-refractivity contribution is 7.14. The number of nitrogens with one attached hydrogen (secondary N) is 1. The van der Waals surface area contributed by atoms with E-state index >= 15 is 0 Å². The van der Waals surface area contributed by atoms with E-state index in [2.05, 4.69) is 5.32 Å². The standard InChI is InChI=1S/C13H14N2O3S2/c1-15(6-4-9-3-2-7-19-9)13(18)14-11-10(12(16)17)5-8-20-11/h2-3,5,7-8H,4,6H2,1H3,(H,14,18)(H,16,17). The topological polar surface area (TPSA) is 69.6 Å². The van der Waals surface area contributed by atoms with Gasteiger partial charge in [0.05, 0.1) is 5.56 Å². The van der Waals surface area contributed by atoms with Gasteiger partial charge in [-0.05, 0) is 29.3 Å². The molecule has 2 aromatic heterocycles. The van der Waals surface area contributed by atoms with E-state index in [0.29, 0.717) is 11.5 Å². The van der Waals surface area contributed by atoms with E-state index in [4.69, 9.17) is 5.11 Å². The van der Waals surface area contributed by atoms with Crippen LogP contribution in [0.4, 0.5) is 9.80 Å². The van der Waals surface area contributed by atoms with Crippen LogP contribution in [0.2, 0.25) is 0 Å². The number of aromatic carboxylic acids is 1. The minimum atomic E-state index is -1.04. The highest BCUT2D eigenvalue weighted by Crippen LogP contribution is 2.23. The summed E-state index contributed by atoms with van der Waals surface area (Å²) >= 11 is 2.86. The Balaban J connectivity index is 1.90. The Morgan fingerprint density at radius 1 is 1.30 bits per heavy atom. The van der Waals surface area contributed by atoms with Crippen LogP contribution < -0.4 is 5.32 Å². The summed E-state index contributed by atoms with van der Waals surface area (Å²) < 4.78 is 0. The number of urea groups is 1. The van der Waals surface area contributed by atoms with Gasteiger partial charge in [-0.15, -0.1) is 22.7 Å². The fourth-order valence-electron chi connectivity index (χ4n) is 1.60. The first-order chi connectivity index (χ1) is 9.58. The van der Waals surface area contributed by atoms with Crippen molar-refractivity contribution in [2.75, 3.05) is 18.9 Å². The Bertz CT molecular complexity index is 593. The molecule has 2 aromatic rings. The molecule has 20 heavy (non-hydrogen) atoms. The molecular formula is C13H14N2O3S2. The Morgan fingerprint density at radius 3 is 2.75 bits per heavy atom. The van der Waals surface area contributed by atoms with Crippen molar-refractivity contribution in [1.29, 1.82) is 0 Å². The number of amides is 2. The number of carbonyl (C=O) groups excluding carboxylic acids is 1. The molecule has 0 aliphatic heterocycles. The van der Waals surface area contributed by atoms with Crippen molar-refractivity contribution in [2.24, 2.45) is 0 Å². The molecule has 0 bridgehead atoms. The molecule has 0 saturated heterocycles. The number of nitrogens with zero attached hydrogens (tertiary/aromatic N) is 1. The lowest BCUT2D eigenvalue weighted by Crippen LogP contribution is -2.33. The third-order valence-electron chi connectivity index (χ3n) is 2.74. The first-order valence-electron chi connectivity index (χ1n) is 5.93. The third-order valence-corrected chi connectivity index (χ3v) is 4.50. The molecule has 106 valence electrons. The molecule has 0 aliphatic carbocycles. The molecule has 7 heteroatoms. The first-order valence-corrected chi connectivity index (χ1v) is 7.69. The van der Waals surface area contributed by atoms with E-state index in [0.717, 1.165) is 6.42 Å². The van der Waals surface area contributed by atoms with Gasteiger partial charge >= 0.3 is 12.0 Å². The largest absolute Gasteiger partial charge is 0.478 e. The van der Waals surface area contributed by atoms with E-state index in [1.807, 2.05) is 17.5 Å². The predicted octanol–water partition coefficient (Wildman–Crippen LogP) is 3.21. The van der Waals surface area contributed by atoms with Crippen LogP contribution in [0.5, 0.6) is 0 Å². The summed E-state index contributed by atoms with van der Waals surface area (Å²) in [6.45, 7) is 0.583.